The second-order valence-corrected chi connectivity index (χ2v) is 3.93. The number of nitrogen functional groups attached to an aromatic ring is 1. The lowest BCUT2D eigenvalue weighted by Crippen LogP contribution is -2.12. The lowest BCUT2D eigenvalue weighted by molar-refractivity contribution is 0.204. The van der Waals surface area contributed by atoms with Crippen LogP contribution in [0.4, 0.5) is 14.5 Å². The quantitative estimate of drug-likeness (QED) is 0.806. The number of nitrogens with two attached hydrogens (primary N) is 1. The number of aliphatic hydroxyl groups excluding tert-OH is 1. The lowest BCUT2D eigenvalue weighted by atomic mass is 10.1. The van der Waals surface area contributed by atoms with Crippen molar-refractivity contribution in [3.63, 3.8) is 0 Å². The molecule has 0 aliphatic carbocycles. The zero-order valence-electron chi connectivity index (χ0n) is 11.2. The van der Waals surface area contributed by atoms with Crippen molar-refractivity contribution < 1.29 is 23.4 Å². The number of rotatable bonds is 4. The van der Waals surface area contributed by atoms with E-state index in [4.69, 9.17) is 15.2 Å². The highest BCUT2D eigenvalue weighted by molar-refractivity contribution is 5.51. The molecule has 0 saturated heterocycles. The summed E-state index contributed by atoms with van der Waals surface area (Å²) < 4.78 is 36.2. The number of benzene rings is 1. The lowest BCUT2D eigenvalue weighted by Gasteiger charge is -2.14. The van der Waals surface area contributed by atoms with E-state index in [1.807, 2.05) is 0 Å². The Bertz CT molecular complexity index is 647. The van der Waals surface area contributed by atoms with Gasteiger partial charge in [-0.05, 0) is 6.07 Å². The summed E-state index contributed by atoms with van der Waals surface area (Å²) in [6.45, 7) is 0. The average Bonchev–Trinajstić information content (AvgIpc) is 2.51. The van der Waals surface area contributed by atoms with E-state index in [0.29, 0.717) is 0 Å². The minimum atomic E-state index is -1.49. The second kappa shape index (κ2) is 5.83. The van der Waals surface area contributed by atoms with Crippen molar-refractivity contribution in [2.24, 2.45) is 0 Å². The summed E-state index contributed by atoms with van der Waals surface area (Å²) in [6, 6.07) is 1.79. The van der Waals surface area contributed by atoms with Crippen molar-refractivity contribution in [2.45, 2.75) is 6.10 Å². The SMILES string of the molecule is COc1nc(OC)nc(C(O)c2ccc(F)c(F)c2N)n1. The number of methoxy groups -OCH3 is 2. The van der Waals surface area contributed by atoms with Gasteiger partial charge in [-0.15, -0.1) is 4.98 Å². The highest BCUT2D eigenvalue weighted by Crippen LogP contribution is 2.29. The van der Waals surface area contributed by atoms with Gasteiger partial charge in [0.15, 0.2) is 17.5 Å². The fourth-order valence-electron chi connectivity index (χ4n) is 1.62. The van der Waals surface area contributed by atoms with Crippen LogP contribution in [0.2, 0.25) is 0 Å². The van der Waals surface area contributed by atoms with Gasteiger partial charge in [0.2, 0.25) is 0 Å². The van der Waals surface area contributed by atoms with E-state index in [9.17, 15) is 13.9 Å². The number of halogens is 2. The molecule has 9 heteroatoms. The van der Waals surface area contributed by atoms with Crippen LogP contribution in [0.25, 0.3) is 0 Å². The van der Waals surface area contributed by atoms with Crippen LogP contribution in [0, 0.1) is 11.6 Å². The van der Waals surface area contributed by atoms with Crippen LogP contribution >= 0.6 is 0 Å². The van der Waals surface area contributed by atoms with Crippen molar-refractivity contribution in [2.75, 3.05) is 20.0 Å². The van der Waals surface area contributed by atoms with Gasteiger partial charge in [-0.2, -0.15) is 9.97 Å². The van der Waals surface area contributed by atoms with Crippen LogP contribution in [-0.2, 0) is 0 Å². The molecule has 0 aliphatic heterocycles. The van der Waals surface area contributed by atoms with Gasteiger partial charge < -0.3 is 20.3 Å². The summed E-state index contributed by atoms with van der Waals surface area (Å²) in [6.07, 6.45) is -1.49. The first kappa shape index (κ1) is 14.9. The number of aromatic nitrogens is 3. The molecule has 1 unspecified atom stereocenters. The fourth-order valence-corrected chi connectivity index (χ4v) is 1.62. The molecule has 3 N–H and O–H groups in total. The van der Waals surface area contributed by atoms with Gasteiger partial charge in [-0.25, -0.2) is 8.78 Å². The Morgan fingerprint density at radius 2 is 1.67 bits per heavy atom. The van der Waals surface area contributed by atoms with Gasteiger partial charge >= 0.3 is 12.0 Å². The molecule has 0 bridgehead atoms. The van der Waals surface area contributed by atoms with Crippen LogP contribution in [0.1, 0.15) is 17.5 Å². The van der Waals surface area contributed by atoms with Gasteiger partial charge in [0.1, 0.15) is 6.10 Å². The largest absolute Gasteiger partial charge is 0.467 e. The molecule has 1 aromatic carbocycles. The second-order valence-electron chi connectivity index (χ2n) is 3.93. The van der Waals surface area contributed by atoms with Gasteiger partial charge in [-0.1, -0.05) is 6.07 Å². The molecule has 7 nitrogen and oxygen atoms in total. The average molecular weight is 298 g/mol. The van der Waals surface area contributed by atoms with Crippen LogP contribution < -0.4 is 15.2 Å². The Hall–Kier alpha value is -2.55. The van der Waals surface area contributed by atoms with E-state index in [0.717, 1.165) is 12.1 Å². The van der Waals surface area contributed by atoms with Crippen LogP contribution in [-0.4, -0.2) is 34.3 Å². The first-order valence-electron chi connectivity index (χ1n) is 5.73. The van der Waals surface area contributed by atoms with Crippen LogP contribution in [0.3, 0.4) is 0 Å². The Kier molecular flexibility index (Phi) is 4.13. The van der Waals surface area contributed by atoms with E-state index in [-0.39, 0.29) is 23.4 Å². The summed E-state index contributed by atoms with van der Waals surface area (Å²) in [5, 5.41) is 10.2. The van der Waals surface area contributed by atoms with Gasteiger partial charge in [0.25, 0.3) is 0 Å². The van der Waals surface area contributed by atoms with Crippen LogP contribution in [0.5, 0.6) is 12.0 Å². The molecule has 112 valence electrons. The molecular formula is C12H12F2N4O3. The maximum atomic E-state index is 13.4. The minimum absolute atomic E-state index is 0.0794. The van der Waals surface area contributed by atoms with E-state index < -0.39 is 23.4 Å². The maximum Gasteiger partial charge on any atom is 0.322 e. The summed E-state index contributed by atoms with van der Waals surface area (Å²) >= 11 is 0. The predicted molar refractivity (Wildman–Crippen MR) is 67.8 cm³/mol. The number of hydrogen-bond donors (Lipinski definition) is 2. The Labute approximate surface area is 118 Å². The van der Waals surface area contributed by atoms with Crippen molar-refractivity contribution in [1.82, 2.24) is 15.0 Å². The first-order chi connectivity index (χ1) is 9.97. The molecule has 0 saturated carbocycles. The Balaban J connectivity index is 2.49. The molecular weight excluding hydrogens is 286 g/mol. The van der Waals surface area contributed by atoms with Crippen molar-refractivity contribution in [1.29, 1.82) is 0 Å². The third kappa shape index (κ3) is 2.82. The fraction of sp³-hybridized carbons (Fsp3) is 0.250. The summed E-state index contributed by atoms with van der Waals surface area (Å²) in [4.78, 5) is 11.4. The number of anilines is 1. The normalized spacial score (nSPS) is 12.0. The van der Waals surface area contributed by atoms with Crippen molar-refractivity contribution in [3.8, 4) is 12.0 Å². The maximum absolute atomic E-state index is 13.4. The van der Waals surface area contributed by atoms with Crippen molar-refractivity contribution >= 4 is 5.69 Å². The Morgan fingerprint density at radius 3 is 2.19 bits per heavy atom. The van der Waals surface area contributed by atoms with Crippen LogP contribution in [0.15, 0.2) is 12.1 Å². The van der Waals surface area contributed by atoms with E-state index in [1.54, 1.807) is 0 Å². The van der Waals surface area contributed by atoms with Gasteiger partial charge in [0, 0.05) is 5.56 Å². The predicted octanol–water partition coefficient (Wildman–Crippen LogP) is 0.831. The molecule has 0 spiro atoms. The zero-order valence-corrected chi connectivity index (χ0v) is 11.2. The summed E-state index contributed by atoms with van der Waals surface area (Å²) in [5.41, 5.74) is 4.85. The highest BCUT2D eigenvalue weighted by Gasteiger charge is 2.22. The number of aliphatic hydroxyl groups is 1. The summed E-state index contributed by atoms with van der Waals surface area (Å²) in [5.74, 6) is -2.54. The highest BCUT2D eigenvalue weighted by atomic mass is 19.2. The molecule has 2 aromatic rings. The molecule has 0 amide bonds. The monoisotopic (exact) mass is 298 g/mol. The smallest absolute Gasteiger partial charge is 0.322 e. The molecule has 1 aromatic heterocycles. The van der Waals surface area contributed by atoms with Gasteiger partial charge in [0.05, 0.1) is 19.9 Å². The van der Waals surface area contributed by atoms with E-state index in [1.165, 1.54) is 14.2 Å². The molecule has 2 rings (SSSR count). The number of ether oxygens (including phenoxy) is 2. The molecule has 0 fully saturated rings. The molecule has 21 heavy (non-hydrogen) atoms. The molecule has 0 aliphatic rings. The van der Waals surface area contributed by atoms with Crippen molar-refractivity contribution in [3.05, 3.63) is 35.2 Å². The minimum Gasteiger partial charge on any atom is -0.467 e. The number of nitrogens with zero attached hydrogens (tertiary/aromatic N) is 3. The first-order valence-corrected chi connectivity index (χ1v) is 5.73. The third-order valence-electron chi connectivity index (χ3n) is 2.68. The zero-order chi connectivity index (χ0) is 15.6. The standard InChI is InChI=1S/C12H12F2N4O3/c1-20-11-16-10(17-12(18-11)21-2)9(19)5-3-4-6(13)7(14)8(5)15/h3-4,9,19H,15H2,1-2H3. The van der Waals surface area contributed by atoms with E-state index in [2.05, 4.69) is 15.0 Å². The van der Waals surface area contributed by atoms with E-state index >= 15 is 0 Å². The molecule has 1 heterocycles. The third-order valence-corrected chi connectivity index (χ3v) is 2.68. The topological polar surface area (TPSA) is 103 Å². The number of hydrogen-bond acceptors (Lipinski definition) is 7. The molecule has 1 atom stereocenters. The molecule has 0 radical (unpaired) electrons. The van der Waals surface area contributed by atoms with Gasteiger partial charge in [-0.3, -0.25) is 0 Å². The Morgan fingerprint density at radius 1 is 1.10 bits per heavy atom. The summed E-state index contributed by atoms with van der Waals surface area (Å²) in [7, 11) is 2.63.